The molecule has 8 nitrogen and oxygen atoms in total. The van der Waals surface area contributed by atoms with Gasteiger partial charge in [-0.15, -0.1) is 0 Å². The highest BCUT2D eigenvalue weighted by molar-refractivity contribution is 6.07. The van der Waals surface area contributed by atoms with Crippen LogP contribution in [-0.4, -0.2) is 32.9 Å². The summed E-state index contributed by atoms with van der Waals surface area (Å²) in [4.78, 5) is 44.4. The van der Waals surface area contributed by atoms with Crippen LogP contribution in [0.5, 0.6) is 0 Å². The van der Waals surface area contributed by atoms with Crippen molar-refractivity contribution in [3.8, 4) is 0 Å². The standard InChI is InChI=1S/C18H20N4O4/c1-8(2)26-17(24)14-9(3)15(19-10(14)4)16(23)20-11-5-6-12-13(7-11)22-18(25)21-12/h5-8,19H,1-4H3,(H,20,23)(H2,21,22,25). The van der Waals surface area contributed by atoms with Crippen LogP contribution in [0, 0.1) is 13.8 Å². The van der Waals surface area contributed by atoms with Crippen LogP contribution < -0.4 is 11.0 Å². The number of esters is 1. The van der Waals surface area contributed by atoms with E-state index in [1.165, 1.54) is 0 Å². The average molecular weight is 356 g/mol. The Labute approximate surface area is 149 Å². The molecule has 0 saturated carbocycles. The molecule has 0 radical (unpaired) electrons. The Kier molecular flexibility index (Phi) is 4.41. The van der Waals surface area contributed by atoms with Gasteiger partial charge in [0.15, 0.2) is 0 Å². The van der Waals surface area contributed by atoms with Gasteiger partial charge in [0.05, 0.1) is 22.7 Å². The second kappa shape index (κ2) is 6.55. The fourth-order valence-electron chi connectivity index (χ4n) is 2.86. The molecule has 3 rings (SSSR count). The molecular weight excluding hydrogens is 336 g/mol. The lowest BCUT2D eigenvalue weighted by atomic mass is 10.1. The summed E-state index contributed by atoms with van der Waals surface area (Å²) in [7, 11) is 0. The van der Waals surface area contributed by atoms with Gasteiger partial charge in [-0.25, -0.2) is 9.59 Å². The number of amides is 1. The molecule has 2 aromatic heterocycles. The summed E-state index contributed by atoms with van der Waals surface area (Å²) in [6.45, 7) is 6.95. The lowest BCUT2D eigenvalue weighted by Crippen LogP contribution is -2.15. The largest absolute Gasteiger partial charge is 0.459 e. The van der Waals surface area contributed by atoms with E-state index in [1.54, 1.807) is 45.9 Å². The normalized spacial score (nSPS) is 11.1. The summed E-state index contributed by atoms with van der Waals surface area (Å²) in [6, 6.07) is 5.04. The SMILES string of the molecule is Cc1[nH]c(C(=O)Nc2ccc3[nH]c(=O)[nH]c3c2)c(C)c1C(=O)OC(C)C. The Bertz CT molecular complexity index is 1060. The van der Waals surface area contributed by atoms with Crippen molar-refractivity contribution < 1.29 is 14.3 Å². The predicted octanol–water partition coefficient (Wildman–Crippen LogP) is 2.62. The molecule has 0 unspecified atom stereocenters. The number of rotatable bonds is 4. The quantitative estimate of drug-likeness (QED) is 0.537. The van der Waals surface area contributed by atoms with E-state index < -0.39 is 5.97 Å². The van der Waals surface area contributed by atoms with Crippen LogP contribution in [0.1, 0.15) is 46.0 Å². The maximum atomic E-state index is 12.6. The molecule has 0 fully saturated rings. The second-order valence-electron chi connectivity index (χ2n) is 6.37. The summed E-state index contributed by atoms with van der Waals surface area (Å²) in [5.74, 6) is -0.844. The van der Waals surface area contributed by atoms with Gasteiger partial charge in [-0.3, -0.25) is 4.79 Å². The van der Waals surface area contributed by atoms with E-state index >= 15 is 0 Å². The molecule has 0 aliphatic heterocycles. The lowest BCUT2D eigenvalue weighted by molar-refractivity contribution is 0.0376. The summed E-state index contributed by atoms with van der Waals surface area (Å²) < 4.78 is 5.23. The third-order valence-corrected chi connectivity index (χ3v) is 3.99. The molecule has 1 aromatic carbocycles. The monoisotopic (exact) mass is 356 g/mol. The van der Waals surface area contributed by atoms with Crippen LogP contribution >= 0.6 is 0 Å². The van der Waals surface area contributed by atoms with E-state index in [0.29, 0.717) is 39.2 Å². The molecule has 2 heterocycles. The van der Waals surface area contributed by atoms with Crippen LogP contribution in [0.15, 0.2) is 23.0 Å². The highest BCUT2D eigenvalue weighted by Crippen LogP contribution is 2.21. The van der Waals surface area contributed by atoms with Crippen molar-refractivity contribution >= 4 is 28.6 Å². The minimum absolute atomic E-state index is 0.247. The number of anilines is 1. The van der Waals surface area contributed by atoms with Gasteiger partial charge in [-0.1, -0.05) is 0 Å². The molecule has 0 saturated heterocycles. The van der Waals surface area contributed by atoms with Gasteiger partial charge in [-0.05, 0) is 51.5 Å². The summed E-state index contributed by atoms with van der Waals surface area (Å²) in [5.41, 5.74) is 3.22. The number of aromatic amines is 3. The van der Waals surface area contributed by atoms with E-state index in [1.807, 2.05) is 0 Å². The minimum atomic E-state index is -0.461. The van der Waals surface area contributed by atoms with Crippen molar-refractivity contribution in [1.29, 1.82) is 0 Å². The Balaban J connectivity index is 1.87. The molecule has 0 spiro atoms. The van der Waals surface area contributed by atoms with E-state index in [9.17, 15) is 14.4 Å². The Hall–Kier alpha value is -3.29. The first-order valence-electron chi connectivity index (χ1n) is 8.19. The first-order valence-corrected chi connectivity index (χ1v) is 8.19. The first kappa shape index (κ1) is 17.5. The van der Waals surface area contributed by atoms with Crippen LogP contribution in [0.2, 0.25) is 0 Å². The number of aryl methyl sites for hydroxylation is 1. The van der Waals surface area contributed by atoms with Gasteiger partial charge >= 0.3 is 11.7 Å². The fraction of sp³-hybridized carbons (Fsp3) is 0.278. The molecule has 0 aliphatic carbocycles. The fourth-order valence-corrected chi connectivity index (χ4v) is 2.86. The number of hydrogen-bond donors (Lipinski definition) is 4. The van der Waals surface area contributed by atoms with Gasteiger partial charge in [0, 0.05) is 11.4 Å². The minimum Gasteiger partial charge on any atom is -0.459 e. The number of fused-ring (bicyclic) bond motifs is 1. The lowest BCUT2D eigenvalue weighted by Gasteiger charge is -2.08. The molecule has 136 valence electrons. The van der Waals surface area contributed by atoms with Gasteiger partial charge in [0.2, 0.25) is 0 Å². The van der Waals surface area contributed by atoms with Gasteiger partial charge in [0.25, 0.3) is 5.91 Å². The number of hydrogen-bond acceptors (Lipinski definition) is 4. The third kappa shape index (κ3) is 3.26. The second-order valence-corrected chi connectivity index (χ2v) is 6.37. The van der Waals surface area contributed by atoms with Gasteiger partial charge in [0.1, 0.15) is 5.69 Å². The van der Waals surface area contributed by atoms with Crippen molar-refractivity contribution in [3.63, 3.8) is 0 Å². The number of carbonyl (C=O) groups excluding carboxylic acids is 2. The Morgan fingerprint density at radius 1 is 1.08 bits per heavy atom. The Morgan fingerprint density at radius 2 is 1.77 bits per heavy atom. The molecule has 0 atom stereocenters. The molecule has 0 aliphatic rings. The molecule has 1 amide bonds. The predicted molar refractivity (Wildman–Crippen MR) is 97.7 cm³/mol. The van der Waals surface area contributed by atoms with Crippen LogP contribution in [0.3, 0.4) is 0 Å². The van der Waals surface area contributed by atoms with Crippen LogP contribution in [0.25, 0.3) is 11.0 Å². The molecule has 8 heteroatoms. The molecular formula is C18H20N4O4. The van der Waals surface area contributed by atoms with E-state index in [0.717, 1.165) is 0 Å². The molecule has 0 bridgehead atoms. The number of aromatic nitrogens is 3. The van der Waals surface area contributed by atoms with Crippen molar-refractivity contribution in [2.75, 3.05) is 5.32 Å². The van der Waals surface area contributed by atoms with Crippen LogP contribution in [0.4, 0.5) is 5.69 Å². The molecule has 4 N–H and O–H groups in total. The first-order chi connectivity index (χ1) is 12.3. The summed E-state index contributed by atoms with van der Waals surface area (Å²) in [6.07, 6.45) is -0.247. The topological polar surface area (TPSA) is 120 Å². The van der Waals surface area contributed by atoms with E-state index in [2.05, 4.69) is 20.3 Å². The van der Waals surface area contributed by atoms with E-state index in [-0.39, 0.29) is 17.7 Å². The summed E-state index contributed by atoms with van der Waals surface area (Å²) in [5, 5.41) is 2.76. The number of imidazole rings is 1. The van der Waals surface area contributed by atoms with Crippen molar-refractivity contribution in [2.24, 2.45) is 0 Å². The number of ether oxygens (including phenoxy) is 1. The van der Waals surface area contributed by atoms with Crippen molar-refractivity contribution in [2.45, 2.75) is 33.8 Å². The summed E-state index contributed by atoms with van der Waals surface area (Å²) >= 11 is 0. The highest BCUT2D eigenvalue weighted by atomic mass is 16.5. The molecule has 3 aromatic rings. The zero-order valence-corrected chi connectivity index (χ0v) is 14.9. The maximum absolute atomic E-state index is 12.6. The third-order valence-electron chi connectivity index (χ3n) is 3.99. The number of carbonyl (C=O) groups is 2. The number of nitrogens with one attached hydrogen (secondary N) is 4. The van der Waals surface area contributed by atoms with Gasteiger partial charge in [-0.2, -0.15) is 0 Å². The maximum Gasteiger partial charge on any atom is 0.340 e. The zero-order valence-electron chi connectivity index (χ0n) is 14.9. The van der Waals surface area contributed by atoms with E-state index in [4.69, 9.17) is 4.74 Å². The van der Waals surface area contributed by atoms with Crippen molar-refractivity contribution in [1.82, 2.24) is 15.0 Å². The smallest absolute Gasteiger partial charge is 0.340 e. The number of H-pyrrole nitrogens is 3. The zero-order chi connectivity index (χ0) is 19.0. The highest BCUT2D eigenvalue weighted by Gasteiger charge is 2.23. The van der Waals surface area contributed by atoms with Crippen molar-refractivity contribution in [3.05, 3.63) is 51.2 Å². The Morgan fingerprint density at radius 3 is 2.46 bits per heavy atom. The van der Waals surface area contributed by atoms with Crippen LogP contribution in [-0.2, 0) is 4.74 Å². The molecule has 26 heavy (non-hydrogen) atoms. The average Bonchev–Trinajstić information content (AvgIpc) is 3.04. The number of benzene rings is 1. The van der Waals surface area contributed by atoms with Gasteiger partial charge < -0.3 is 25.0 Å².